The molecule has 0 aliphatic carbocycles. The van der Waals surface area contributed by atoms with Crippen molar-refractivity contribution in [2.24, 2.45) is 0 Å². The van der Waals surface area contributed by atoms with Gasteiger partial charge in [0, 0.05) is 6.26 Å². The average molecular weight is 248 g/mol. The minimum absolute atomic E-state index is 0.790. The van der Waals surface area contributed by atoms with Crippen LogP contribution in [0.4, 0.5) is 0 Å². The Morgan fingerprint density at radius 2 is 1.80 bits per heavy atom. The number of hydrogen-bond donors (Lipinski definition) is 0. The van der Waals surface area contributed by atoms with Gasteiger partial charge in [-0.3, -0.25) is 4.21 Å². The minimum atomic E-state index is -0.790. The van der Waals surface area contributed by atoms with E-state index in [9.17, 15) is 4.21 Å². The van der Waals surface area contributed by atoms with Gasteiger partial charge in [-0.15, -0.1) is 11.8 Å². The van der Waals surface area contributed by atoms with E-state index in [1.165, 1.54) is 38.5 Å². The lowest BCUT2D eigenvalue weighted by molar-refractivity contribution is 0.611. The van der Waals surface area contributed by atoms with Crippen LogP contribution in [0.5, 0.6) is 0 Å². The summed E-state index contributed by atoms with van der Waals surface area (Å²) in [7, 11) is -0.790. The summed E-state index contributed by atoms with van der Waals surface area (Å²) in [6.07, 6.45) is 14.9. The first-order valence-corrected chi connectivity index (χ1v) is 8.58. The fourth-order valence-electron chi connectivity index (χ4n) is 1.46. The van der Waals surface area contributed by atoms with Crippen LogP contribution in [0.1, 0.15) is 51.9 Å². The van der Waals surface area contributed by atoms with Crippen molar-refractivity contribution in [3.8, 4) is 0 Å². The summed E-state index contributed by atoms with van der Waals surface area (Å²) in [5.74, 6) is 0. The molecule has 0 amide bonds. The molecule has 0 spiro atoms. The molecule has 1 nitrogen and oxygen atoms in total. The van der Waals surface area contributed by atoms with Crippen LogP contribution in [0, 0.1) is 0 Å². The van der Waals surface area contributed by atoms with E-state index in [1.807, 2.05) is 6.26 Å². The molecule has 15 heavy (non-hydrogen) atoms. The molecule has 90 valence electrons. The normalized spacial score (nSPS) is 14.2. The molecular formula is C12H24OS2. The molecular weight excluding hydrogens is 224 g/mol. The van der Waals surface area contributed by atoms with Gasteiger partial charge >= 0.3 is 0 Å². The number of allylic oxidation sites excluding steroid dienone is 1. The van der Waals surface area contributed by atoms with E-state index >= 15 is 0 Å². The van der Waals surface area contributed by atoms with Crippen LogP contribution in [-0.2, 0) is 10.8 Å². The SMILES string of the molecule is CCCCCCCCC=C(SC)S(C)=O. The van der Waals surface area contributed by atoms with Crippen molar-refractivity contribution < 1.29 is 4.21 Å². The van der Waals surface area contributed by atoms with Crippen molar-refractivity contribution in [2.75, 3.05) is 12.5 Å². The number of hydrogen-bond acceptors (Lipinski definition) is 2. The molecule has 0 saturated carbocycles. The van der Waals surface area contributed by atoms with Crippen molar-refractivity contribution in [3.05, 3.63) is 10.3 Å². The third-order valence-electron chi connectivity index (χ3n) is 2.35. The summed E-state index contributed by atoms with van der Waals surface area (Å²) < 4.78 is 12.2. The van der Waals surface area contributed by atoms with E-state index < -0.39 is 10.8 Å². The maximum atomic E-state index is 11.2. The molecule has 0 bridgehead atoms. The molecule has 0 rings (SSSR count). The average Bonchev–Trinajstić information content (AvgIpc) is 2.21. The van der Waals surface area contributed by atoms with E-state index in [-0.39, 0.29) is 0 Å². The van der Waals surface area contributed by atoms with Crippen LogP contribution in [0.25, 0.3) is 0 Å². The topological polar surface area (TPSA) is 17.1 Å². The maximum Gasteiger partial charge on any atom is 0.0670 e. The van der Waals surface area contributed by atoms with Crippen molar-refractivity contribution in [1.82, 2.24) is 0 Å². The van der Waals surface area contributed by atoms with Crippen LogP contribution in [0.2, 0.25) is 0 Å². The van der Waals surface area contributed by atoms with Crippen molar-refractivity contribution in [2.45, 2.75) is 51.9 Å². The molecule has 0 aliphatic heterocycles. The number of thioether (sulfide) groups is 1. The highest BCUT2D eigenvalue weighted by molar-refractivity contribution is 8.15. The summed E-state index contributed by atoms with van der Waals surface area (Å²) in [4.78, 5) is 0. The lowest BCUT2D eigenvalue weighted by Crippen LogP contribution is -1.87. The van der Waals surface area contributed by atoms with Gasteiger partial charge in [-0.1, -0.05) is 45.1 Å². The Bertz CT molecular complexity index is 200. The van der Waals surface area contributed by atoms with Crippen LogP contribution >= 0.6 is 11.8 Å². The third kappa shape index (κ3) is 9.19. The molecule has 3 heteroatoms. The van der Waals surface area contributed by atoms with Crippen LogP contribution in [0.3, 0.4) is 0 Å². The summed E-state index contributed by atoms with van der Waals surface area (Å²) in [5, 5.41) is 0. The van der Waals surface area contributed by atoms with Gasteiger partial charge in [-0.25, -0.2) is 0 Å². The van der Waals surface area contributed by atoms with E-state index in [0.717, 1.165) is 10.7 Å². The Kier molecular flexibility index (Phi) is 10.9. The van der Waals surface area contributed by atoms with E-state index in [0.29, 0.717) is 0 Å². The lowest BCUT2D eigenvalue weighted by atomic mass is 10.1. The fraction of sp³-hybridized carbons (Fsp3) is 0.833. The van der Waals surface area contributed by atoms with Gasteiger partial charge in [-0.2, -0.15) is 0 Å². The summed E-state index contributed by atoms with van der Waals surface area (Å²) in [5.41, 5.74) is 0. The smallest absolute Gasteiger partial charge is 0.0670 e. The molecule has 0 aliphatic rings. The number of rotatable bonds is 9. The Morgan fingerprint density at radius 3 is 2.33 bits per heavy atom. The maximum absolute atomic E-state index is 11.2. The highest BCUT2D eigenvalue weighted by atomic mass is 32.2. The molecule has 0 fully saturated rings. The predicted molar refractivity (Wildman–Crippen MR) is 73.7 cm³/mol. The summed E-state index contributed by atoms with van der Waals surface area (Å²) in [6.45, 7) is 2.24. The number of unbranched alkanes of at least 4 members (excludes halogenated alkanes) is 6. The Labute approximate surface area is 102 Å². The van der Waals surface area contributed by atoms with Crippen LogP contribution in [-0.4, -0.2) is 16.7 Å². The molecule has 0 radical (unpaired) electrons. The molecule has 0 N–H and O–H groups in total. The monoisotopic (exact) mass is 248 g/mol. The van der Waals surface area contributed by atoms with Crippen LogP contribution in [0.15, 0.2) is 10.3 Å². The highest BCUT2D eigenvalue weighted by Crippen LogP contribution is 2.17. The first kappa shape index (κ1) is 15.2. The molecule has 1 unspecified atom stereocenters. The molecule has 0 saturated heterocycles. The van der Waals surface area contributed by atoms with Gasteiger partial charge in [0.1, 0.15) is 0 Å². The zero-order valence-electron chi connectivity index (χ0n) is 10.3. The first-order valence-electron chi connectivity index (χ1n) is 5.80. The second-order valence-electron chi connectivity index (χ2n) is 3.74. The fourth-order valence-corrected chi connectivity index (χ4v) is 3.04. The quantitative estimate of drug-likeness (QED) is 0.565. The molecule has 0 aromatic carbocycles. The van der Waals surface area contributed by atoms with Gasteiger partial charge in [0.2, 0.25) is 0 Å². The van der Waals surface area contributed by atoms with Gasteiger partial charge in [0.25, 0.3) is 0 Å². The van der Waals surface area contributed by atoms with Crippen molar-refractivity contribution >= 4 is 22.6 Å². The van der Waals surface area contributed by atoms with E-state index in [2.05, 4.69) is 13.0 Å². The zero-order valence-corrected chi connectivity index (χ0v) is 11.9. The van der Waals surface area contributed by atoms with Crippen molar-refractivity contribution in [3.63, 3.8) is 0 Å². The molecule has 1 atom stereocenters. The Balaban J connectivity index is 3.46. The van der Waals surface area contributed by atoms with Gasteiger partial charge in [-0.05, 0) is 19.1 Å². The summed E-state index contributed by atoms with van der Waals surface area (Å²) in [6, 6.07) is 0. The lowest BCUT2D eigenvalue weighted by Gasteiger charge is -2.00. The standard InChI is InChI=1S/C12H24OS2/c1-4-5-6-7-8-9-10-11-12(14-2)15(3)13/h11H,4-10H2,1-3H3. The van der Waals surface area contributed by atoms with Crippen LogP contribution < -0.4 is 0 Å². The second kappa shape index (κ2) is 10.7. The molecule has 0 aromatic rings. The Morgan fingerprint density at radius 1 is 1.20 bits per heavy atom. The molecule has 0 aromatic heterocycles. The van der Waals surface area contributed by atoms with E-state index in [4.69, 9.17) is 0 Å². The van der Waals surface area contributed by atoms with Gasteiger partial charge in [0.05, 0.1) is 15.0 Å². The van der Waals surface area contributed by atoms with E-state index in [1.54, 1.807) is 18.0 Å². The molecule has 0 heterocycles. The largest absolute Gasteiger partial charge is 0.254 e. The minimum Gasteiger partial charge on any atom is -0.254 e. The van der Waals surface area contributed by atoms with Gasteiger partial charge in [0.15, 0.2) is 0 Å². The van der Waals surface area contributed by atoms with Crippen molar-refractivity contribution in [1.29, 1.82) is 0 Å². The van der Waals surface area contributed by atoms with Gasteiger partial charge < -0.3 is 0 Å². The Hall–Kier alpha value is 0.240. The third-order valence-corrected chi connectivity index (χ3v) is 4.86. The second-order valence-corrected chi connectivity index (χ2v) is 6.19. The first-order chi connectivity index (χ1) is 7.22. The zero-order chi connectivity index (χ0) is 11.5. The highest BCUT2D eigenvalue weighted by Gasteiger charge is 1.98. The predicted octanol–water partition coefficient (Wildman–Crippen LogP) is 4.32. The summed E-state index contributed by atoms with van der Waals surface area (Å²) >= 11 is 1.61.